The minimum absolute atomic E-state index is 0.119. The second kappa shape index (κ2) is 6.54. The van der Waals surface area contributed by atoms with Crippen LogP contribution in [0.25, 0.3) is 0 Å². The van der Waals surface area contributed by atoms with Gasteiger partial charge in [-0.3, -0.25) is 4.79 Å². The van der Waals surface area contributed by atoms with Gasteiger partial charge in [0.25, 0.3) is 5.91 Å². The largest absolute Gasteiger partial charge is 0.365 e. The number of rotatable bonds is 5. The van der Waals surface area contributed by atoms with E-state index in [0.717, 1.165) is 10.8 Å². The highest BCUT2D eigenvalue weighted by Gasteiger charge is 2.06. The maximum Gasteiger partial charge on any atom is 0.251 e. The summed E-state index contributed by atoms with van der Waals surface area (Å²) >= 11 is 7.40. The standard InChI is InChI=1S/C13H14ClN3OS/c1-15-13-17-11(8-19-13)5-6-16-12(18)9-3-2-4-10(14)7-9/h2-4,7-8H,5-6H2,1H3,(H,15,17)(H,16,18). The van der Waals surface area contributed by atoms with Crippen molar-refractivity contribution >= 4 is 34.0 Å². The molecule has 0 aliphatic heterocycles. The van der Waals surface area contributed by atoms with E-state index in [4.69, 9.17) is 11.6 Å². The van der Waals surface area contributed by atoms with E-state index in [2.05, 4.69) is 15.6 Å². The van der Waals surface area contributed by atoms with Crippen molar-refractivity contribution in [3.05, 3.63) is 45.9 Å². The first-order valence-electron chi connectivity index (χ1n) is 5.85. The topological polar surface area (TPSA) is 54.0 Å². The van der Waals surface area contributed by atoms with Gasteiger partial charge >= 0.3 is 0 Å². The zero-order valence-electron chi connectivity index (χ0n) is 10.4. The maximum atomic E-state index is 11.8. The predicted octanol–water partition coefficient (Wildman–Crippen LogP) is 2.81. The number of carbonyl (C=O) groups is 1. The van der Waals surface area contributed by atoms with Gasteiger partial charge in [0.15, 0.2) is 5.13 Å². The molecule has 1 aromatic carbocycles. The normalized spacial score (nSPS) is 10.2. The summed E-state index contributed by atoms with van der Waals surface area (Å²) in [7, 11) is 1.84. The summed E-state index contributed by atoms with van der Waals surface area (Å²) in [6.07, 6.45) is 0.713. The monoisotopic (exact) mass is 295 g/mol. The Morgan fingerprint density at radius 2 is 2.32 bits per heavy atom. The first kappa shape index (κ1) is 13.8. The molecule has 0 spiro atoms. The van der Waals surface area contributed by atoms with Crippen LogP contribution in [0.5, 0.6) is 0 Å². The van der Waals surface area contributed by atoms with Gasteiger partial charge < -0.3 is 10.6 Å². The summed E-state index contributed by atoms with van der Waals surface area (Å²) in [5.41, 5.74) is 1.54. The summed E-state index contributed by atoms with van der Waals surface area (Å²) < 4.78 is 0. The molecule has 0 atom stereocenters. The third kappa shape index (κ3) is 3.94. The first-order valence-corrected chi connectivity index (χ1v) is 7.10. The van der Waals surface area contributed by atoms with Crippen molar-refractivity contribution in [2.75, 3.05) is 18.9 Å². The van der Waals surface area contributed by atoms with E-state index in [1.807, 2.05) is 12.4 Å². The fourth-order valence-corrected chi connectivity index (χ4v) is 2.47. The Morgan fingerprint density at radius 1 is 1.47 bits per heavy atom. The Hall–Kier alpha value is -1.59. The van der Waals surface area contributed by atoms with Crippen molar-refractivity contribution in [3.63, 3.8) is 0 Å². The minimum Gasteiger partial charge on any atom is -0.365 e. The number of carbonyl (C=O) groups excluding carboxylic acids is 1. The summed E-state index contributed by atoms with van der Waals surface area (Å²) in [6.45, 7) is 0.554. The van der Waals surface area contributed by atoms with E-state index in [0.29, 0.717) is 23.6 Å². The van der Waals surface area contributed by atoms with Crippen molar-refractivity contribution in [2.24, 2.45) is 0 Å². The third-order valence-corrected chi connectivity index (χ3v) is 3.66. The van der Waals surface area contributed by atoms with Crippen LogP contribution in [0.3, 0.4) is 0 Å². The molecule has 0 unspecified atom stereocenters. The fraction of sp³-hybridized carbons (Fsp3) is 0.231. The molecule has 4 nitrogen and oxygen atoms in total. The Morgan fingerprint density at radius 3 is 3.00 bits per heavy atom. The van der Waals surface area contributed by atoms with Gasteiger partial charge in [-0.2, -0.15) is 0 Å². The van der Waals surface area contributed by atoms with Crippen LogP contribution in [0.2, 0.25) is 5.02 Å². The molecule has 19 heavy (non-hydrogen) atoms. The lowest BCUT2D eigenvalue weighted by Gasteiger charge is -2.04. The van der Waals surface area contributed by atoms with Crippen LogP contribution in [0.4, 0.5) is 5.13 Å². The number of anilines is 1. The van der Waals surface area contributed by atoms with Gasteiger partial charge in [-0.05, 0) is 18.2 Å². The summed E-state index contributed by atoms with van der Waals surface area (Å²) in [4.78, 5) is 16.2. The molecule has 0 radical (unpaired) electrons. The molecule has 2 aromatic rings. The van der Waals surface area contributed by atoms with E-state index in [-0.39, 0.29) is 5.91 Å². The van der Waals surface area contributed by atoms with Crippen LogP contribution in [0, 0.1) is 0 Å². The number of nitrogens with zero attached hydrogens (tertiary/aromatic N) is 1. The van der Waals surface area contributed by atoms with Crippen LogP contribution in [-0.4, -0.2) is 24.5 Å². The Kier molecular flexibility index (Phi) is 4.76. The van der Waals surface area contributed by atoms with Crippen molar-refractivity contribution in [2.45, 2.75) is 6.42 Å². The number of nitrogens with one attached hydrogen (secondary N) is 2. The maximum absolute atomic E-state index is 11.8. The molecule has 0 aliphatic rings. The SMILES string of the molecule is CNc1nc(CCNC(=O)c2cccc(Cl)c2)cs1. The molecular weight excluding hydrogens is 282 g/mol. The Labute approximate surface area is 120 Å². The molecule has 0 fully saturated rings. The molecule has 100 valence electrons. The van der Waals surface area contributed by atoms with E-state index < -0.39 is 0 Å². The molecule has 2 rings (SSSR count). The number of amides is 1. The number of thiazole rings is 1. The number of benzene rings is 1. The highest BCUT2D eigenvalue weighted by Crippen LogP contribution is 2.14. The van der Waals surface area contributed by atoms with Crippen molar-refractivity contribution in [3.8, 4) is 0 Å². The zero-order chi connectivity index (χ0) is 13.7. The lowest BCUT2D eigenvalue weighted by atomic mass is 10.2. The quantitative estimate of drug-likeness (QED) is 0.892. The van der Waals surface area contributed by atoms with E-state index in [1.54, 1.807) is 35.6 Å². The van der Waals surface area contributed by atoms with E-state index in [1.165, 1.54) is 0 Å². The van der Waals surface area contributed by atoms with Crippen LogP contribution in [-0.2, 0) is 6.42 Å². The summed E-state index contributed by atoms with van der Waals surface area (Å²) in [6, 6.07) is 6.89. The van der Waals surface area contributed by atoms with Gasteiger partial charge in [-0.15, -0.1) is 11.3 Å². The molecule has 0 saturated heterocycles. The third-order valence-electron chi connectivity index (χ3n) is 2.52. The van der Waals surface area contributed by atoms with Gasteiger partial charge in [-0.25, -0.2) is 4.98 Å². The number of aromatic nitrogens is 1. The minimum atomic E-state index is -0.119. The van der Waals surface area contributed by atoms with Gasteiger partial charge in [0.05, 0.1) is 5.69 Å². The molecule has 2 N–H and O–H groups in total. The molecular formula is C13H14ClN3OS. The first-order chi connectivity index (χ1) is 9.19. The van der Waals surface area contributed by atoms with Crippen LogP contribution >= 0.6 is 22.9 Å². The predicted molar refractivity (Wildman–Crippen MR) is 79.1 cm³/mol. The molecule has 1 amide bonds. The van der Waals surface area contributed by atoms with Crippen molar-refractivity contribution in [1.29, 1.82) is 0 Å². The van der Waals surface area contributed by atoms with Gasteiger partial charge in [0.2, 0.25) is 0 Å². The van der Waals surface area contributed by atoms with Gasteiger partial charge in [0.1, 0.15) is 0 Å². The Balaban J connectivity index is 1.84. The van der Waals surface area contributed by atoms with Crippen LogP contribution < -0.4 is 10.6 Å². The second-order valence-electron chi connectivity index (χ2n) is 3.91. The zero-order valence-corrected chi connectivity index (χ0v) is 12.0. The smallest absolute Gasteiger partial charge is 0.251 e. The van der Waals surface area contributed by atoms with Gasteiger partial charge in [0, 0.05) is 36.0 Å². The second-order valence-corrected chi connectivity index (χ2v) is 5.20. The van der Waals surface area contributed by atoms with Crippen LogP contribution in [0.1, 0.15) is 16.1 Å². The molecule has 6 heteroatoms. The number of hydrogen-bond donors (Lipinski definition) is 2. The lowest BCUT2D eigenvalue weighted by molar-refractivity contribution is 0.0954. The van der Waals surface area contributed by atoms with Crippen molar-refractivity contribution < 1.29 is 4.79 Å². The molecule has 1 aromatic heterocycles. The average molecular weight is 296 g/mol. The Bertz CT molecular complexity index is 571. The highest BCUT2D eigenvalue weighted by molar-refractivity contribution is 7.13. The molecule has 0 bridgehead atoms. The molecule has 0 saturated carbocycles. The lowest BCUT2D eigenvalue weighted by Crippen LogP contribution is -2.25. The average Bonchev–Trinajstić information content (AvgIpc) is 2.86. The van der Waals surface area contributed by atoms with E-state index >= 15 is 0 Å². The van der Waals surface area contributed by atoms with Crippen molar-refractivity contribution in [1.82, 2.24) is 10.3 Å². The molecule has 0 aliphatic carbocycles. The van der Waals surface area contributed by atoms with Gasteiger partial charge in [-0.1, -0.05) is 17.7 Å². The summed E-state index contributed by atoms with van der Waals surface area (Å²) in [5, 5.41) is 9.26. The fourth-order valence-electron chi connectivity index (χ4n) is 1.57. The highest BCUT2D eigenvalue weighted by atomic mass is 35.5. The van der Waals surface area contributed by atoms with Crippen LogP contribution in [0.15, 0.2) is 29.6 Å². The molecule has 1 heterocycles. The van der Waals surface area contributed by atoms with E-state index in [9.17, 15) is 4.79 Å². The number of halogens is 1. The summed E-state index contributed by atoms with van der Waals surface area (Å²) in [5.74, 6) is -0.119. The number of hydrogen-bond acceptors (Lipinski definition) is 4.